The number of morpholine rings is 1. The number of amides is 1. The van der Waals surface area contributed by atoms with Crippen molar-refractivity contribution in [3.63, 3.8) is 0 Å². The first-order chi connectivity index (χ1) is 12.1. The van der Waals surface area contributed by atoms with Crippen LogP contribution in [0.5, 0.6) is 0 Å². The summed E-state index contributed by atoms with van der Waals surface area (Å²) < 4.78 is 11.3. The van der Waals surface area contributed by atoms with Crippen molar-refractivity contribution < 1.29 is 13.9 Å². The van der Waals surface area contributed by atoms with E-state index in [9.17, 15) is 4.79 Å². The van der Waals surface area contributed by atoms with Crippen LogP contribution in [0.4, 0.5) is 0 Å². The zero-order chi connectivity index (χ0) is 17.4. The molecule has 0 bridgehead atoms. The number of benzene rings is 1. The molecule has 4 rings (SSSR count). The molecule has 0 radical (unpaired) electrons. The average Bonchev–Trinajstić information content (AvgIpc) is 3.21. The maximum absolute atomic E-state index is 12.8. The van der Waals surface area contributed by atoms with Crippen LogP contribution >= 0.6 is 0 Å². The predicted octanol–water partition coefficient (Wildman–Crippen LogP) is 1.79. The quantitative estimate of drug-likeness (QED) is 0.780. The lowest BCUT2D eigenvalue weighted by molar-refractivity contribution is -0.145. The van der Waals surface area contributed by atoms with Crippen molar-refractivity contribution in [2.45, 2.75) is 32.5 Å². The van der Waals surface area contributed by atoms with Crippen molar-refractivity contribution in [3.8, 4) is 0 Å². The number of aromatic amines is 1. The number of fused-ring (bicyclic) bond motifs is 1. The Balaban J connectivity index is 1.51. The van der Waals surface area contributed by atoms with Gasteiger partial charge in [0.1, 0.15) is 0 Å². The molecule has 0 spiro atoms. The van der Waals surface area contributed by atoms with Crippen LogP contribution in [-0.2, 0) is 16.0 Å². The van der Waals surface area contributed by atoms with E-state index in [4.69, 9.17) is 9.15 Å². The number of aryl methyl sites for hydroxylation is 1. The molecule has 1 aromatic carbocycles. The Bertz CT molecular complexity index is 902. The molecule has 1 amide bonds. The molecule has 1 aliphatic heterocycles. The number of carbonyl (C=O) groups is 1. The highest BCUT2D eigenvalue weighted by Gasteiger charge is 2.32. The van der Waals surface area contributed by atoms with E-state index in [0.717, 1.165) is 16.6 Å². The smallest absolute Gasteiger partial charge is 0.247 e. The molecule has 25 heavy (non-hydrogen) atoms. The van der Waals surface area contributed by atoms with Crippen LogP contribution in [0.25, 0.3) is 10.9 Å². The molecule has 1 N–H and O–H groups in total. The summed E-state index contributed by atoms with van der Waals surface area (Å²) in [6.45, 7) is 4.60. The number of ether oxygens (including phenoxy) is 1. The van der Waals surface area contributed by atoms with Gasteiger partial charge in [0.2, 0.25) is 17.7 Å². The van der Waals surface area contributed by atoms with Gasteiger partial charge in [0.05, 0.1) is 30.3 Å². The summed E-state index contributed by atoms with van der Waals surface area (Å²) >= 11 is 0. The maximum atomic E-state index is 12.8. The van der Waals surface area contributed by atoms with E-state index in [2.05, 4.69) is 20.4 Å². The second-order valence-corrected chi connectivity index (χ2v) is 6.29. The summed E-state index contributed by atoms with van der Waals surface area (Å²) in [6, 6.07) is 7.75. The SMILES string of the molecule is Cc1nnc([C@H]2CN(C(=O)Cc3[nH]nc4ccccc34)C[C@@H](C)O2)o1. The molecule has 0 unspecified atom stereocenters. The largest absolute Gasteiger partial charge is 0.423 e. The third kappa shape index (κ3) is 3.12. The Hall–Kier alpha value is -2.74. The number of H-pyrrole nitrogens is 1. The van der Waals surface area contributed by atoms with Gasteiger partial charge in [0.15, 0.2) is 6.10 Å². The highest BCUT2D eigenvalue weighted by Crippen LogP contribution is 2.25. The second kappa shape index (κ2) is 6.29. The minimum absolute atomic E-state index is 0.0193. The molecule has 1 saturated heterocycles. The van der Waals surface area contributed by atoms with Crippen molar-refractivity contribution in [3.05, 3.63) is 41.7 Å². The summed E-state index contributed by atoms with van der Waals surface area (Å²) in [5.41, 5.74) is 1.68. The van der Waals surface area contributed by atoms with E-state index in [1.54, 1.807) is 11.8 Å². The summed E-state index contributed by atoms with van der Waals surface area (Å²) in [6.07, 6.45) is -0.233. The molecule has 8 heteroatoms. The van der Waals surface area contributed by atoms with Crippen LogP contribution in [0.1, 0.15) is 30.5 Å². The van der Waals surface area contributed by atoms with Gasteiger partial charge in [-0.1, -0.05) is 18.2 Å². The number of aromatic nitrogens is 4. The van der Waals surface area contributed by atoms with Gasteiger partial charge >= 0.3 is 0 Å². The number of para-hydroxylation sites is 1. The fraction of sp³-hybridized carbons (Fsp3) is 0.412. The Morgan fingerprint density at radius 1 is 1.32 bits per heavy atom. The van der Waals surface area contributed by atoms with Gasteiger partial charge < -0.3 is 14.1 Å². The number of nitrogens with zero attached hydrogens (tertiary/aromatic N) is 4. The van der Waals surface area contributed by atoms with E-state index < -0.39 is 6.10 Å². The van der Waals surface area contributed by atoms with E-state index in [0.29, 0.717) is 24.9 Å². The number of nitrogens with one attached hydrogen (secondary N) is 1. The standard InChI is InChI=1S/C17H19N5O3/c1-10-8-22(9-15(24-10)17-21-18-11(2)25-17)16(23)7-14-12-5-3-4-6-13(12)19-20-14/h3-6,10,15H,7-9H2,1-2H3,(H,19,20)/t10-,15-/m1/s1. The molecule has 0 aliphatic carbocycles. The van der Waals surface area contributed by atoms with Gasteiger partial charge in [0.25, 0.3) is 0 Å². The van der Waals surface area contributed by atoms with Gasteiger partial charge in [-0.25, -0.2) is 0 Å². The molecule has 130 valence electrons. The highest BCUT2D eigenvalue weighted by molar-refractivity contribution is 5.87. The van der Waals surface area contributed by atoms with Gasteiger partial charge in [-0.05, 0) is 13.0 Å². The number of carbonyl (C=O) groups excluding carboxylic acids is 1. The normalized spacial score (nSPS) is 21.0. The zero-order valence-electron chi connectivity index (χ0n) is 14.1. The van der Waals surface area contributed by atoms with Gasteiger partial charge in [0, 0.05) is 18.9 Å². The van der Waals surface area contributed by atoms with Crippen molar-refractivity contribution in [2.24, 2.45) is 0 Å². The lowest BCUT2D eigenvalue weighted by Crippen LogP contribution is -2.46. The summed E-state index contributed by atoms with van der Waals surface area (Å²) in [7, 11) is 0. The fourth-order valence-electron chi connectivity index (χ4n) is 3.15. The number of hydrogen-bond donors (Lipinski definition) is 1. The molecule has 1 aliphatic rings. The minimum Gasteiger partial charge on any atom is -0.423 e. The molecular weight excluding hydrogens is 322 g/mol. The summed E-state index contributed by atoms with van der Waals surface area (Å²) in [5.74, 6) is 0.915. The van der Waals surface area contributed by atoms with E-state index in [1.807, 2.05) is 31.2 Å². The first kappa shape index (κ1) is 15.8. The van der Waals surface area contributed by atoms with Gasteiger partial charge in [-0.3, -0.25) is 9.89 Å². The third-order valence-corrected chi connectivity index (χ3v) is 4.30. The van der Waals surface area contributed by atoms with Gasteiger partial charge in [-0.15, -0.1) is 10.2 Å². The lowest BCUT2D eigenvalue weighted by Gasteiger charge is -2.35. The molecule has 8 nitrogen and oxygen atoms in total. The van der Waals surface area contributed by atoms with Crippen LogP contribution in [0.3, 0.4) is 0 Å². The Labute approximate surface area is 144 Å². The summed E-state index contributed by atoms with van der Waals surface area (Å²) in [4.78, 5) is 14.6. The monoisotopic (exact) mass is 341 g/mol. The Morgan fingerprint density at radius 2 is 2.16 bits per heavy atom. The molecular formula is C17H19N5O3. The first-order valence-corrected chi connectivity index (χ1v) is 8.25. The fourth-order valence-corrected chi connectivity index (χ4v) is 3.15. The number of hydrogen-bond acceptors (Lipinski definition) is 6. The zero-order valence-corrected chi connectivity index (χ0v) is 14.1. The van der Waals surface area contributed by atoms with Crippen molar-refractivity contribution >= 4 is 16.8 Å². The Morgan fingerprint density at radius 3 is 2.96 bits per heavy atom. The van der Waals surface area contributed by atoms with E-state index in [-0.39, 0.29) is 18.4 Å². The average molecular weight is 341 g/mol. The van der Waals surface area contributed by atoms with E-state index in [1.165, 1.54) is 0 Å². The lowest BCUT2D eigenvalue weighted by atomic mass is 10.1. The van der Waals surface area contributed by atoms with Crippen LogP contribution < -0.4 is 0 Å². The Kier molecular flexibility index (Phi) is 3.96. The molecule has 2 atom stereocenters. The first-order valence-electron chi connectivity index (χ1n) is 8.25. The highest BCUT2D eigenvalue weighted by atomic mass is 16.5. The molecule has 3 aromatic rings. The van der Waals surface area contributed by atoms with Crippen LogP contribution in [0.15, 0.2) is 28.7 Å². The molecule has 2 aromatic heterocycles. The van der Waals surface area contributed by atoms with Crippen LogP contribution in [0, 0.1) is 6.92 Å². The molecule has 1 fully saturated rings. The van der Waals surface area contributed by atoms with Crippen molar-refractivity contribution in [1.82, 2.24) is 25.3 Å². The van der Waals surface area contributed by atoms with E-state index >= 15 is 0 Å². The predicted molar refractivity (Wildman–Crippen MR) is 88.7 cm³/mol. The summed E-state index contributed by atoms with van der Waals surface area (Å²) in [5, 5.41) is 16.0. The number of rotatable bonds is 3. The topological polar surface area (TPSA) is 97.1 Å². The molecule has 3 heterocycles. The van der Waals surface area contributed by atoms with Gasteiger partial charge in [-0.2, -0.15) is 5.10 Å². The second-order valence-electron chi connectivity index (χ2n) is 6.29. The maximum Gasteiger partial charge on any atom is 0.247 e. The van der Waals surface area contributed by atoms with Crippen molar-refractivity contribution in [1.29, 1.82) is 0 Å². The molecule has 0 saturated carbocycles. The van der Waals surface area contributed by atoms with Crippen LogP contribution in [-0.4, -0.2) is 50.4 Å². The minimum atomic E-state index is -0.396. The van der Waals surface area contributed by atoms with Crippen molar-refractivity contribution in [2.75, 3.05) is 13.1 Å². The third-order valence-electron chi connectivity index (χ3n) is 4.30. The van der Waals surface area contributed by atoms with Crippen LogP contribution in [0.2, 0.25) is 0 Å².